The number of hydrogen-bond acceptors (Lipinski definition) is 4. The molecule has 2 atom stereocenters. The van der Waals surface area contributed by atoms with E-state index in [4.69, 9.17) is 32.4 Å². The third-order valence-electron chi connectivity index (χ3n) is 6.89. The Kier molecular flexibility index (Phi) is 7.21. The van der Waals surface area contributed by atoms with Gasteiger partial charge in [-0.1, -0.05) is 23.2 Å². The van der Waals surface area contributed by atoms with E-state index in [0.29, 0.717) is 47.3 Å². The lowest BCUT2D eigenvalue weighted by Gasteiger charge is -2.39. The van der Waals surface area contributed by atoms with Crippen molar-refractivity contribution in [3.05, 3.63) is 64.3 Å². The van der Waals surface area contributed by atoms with Crippen LogP contribution < -0.4 is 4.74 Å². The molecule has 0 N–H and O–H groups in total. The van der Waals surface area contributed by atoms with Gasteiger partial charge in [-0.15, -0.1) is 0 Å². The van der Waals surface area contributed by atoms with Crippen molar-refractivity contribution in [3.8, 4) is 5.75 Å². The molecule has 2 aliphatic heterocycles. The normalized spacial score (nSPS) is 20.7. The largest absolute Gasteiger partial charge is 0.490 e. The molecule has 0 radical (unpaired) electrons. The van der Waals surface area contributed by atoms with Crippen LogP contribution in [-0.4, -0.2) is 53.9 Å². The van der Waals surface area contributed by atoms with Crippen molar-refractivity contribution in [2.75, 3.05) is 26.2 Å². The number of halogens is 2. The van der Waals surface area contributed by atoms with Gasteiger partial charge < -0.3 is 19.0 Å². The summed E-state index contributed by atoms with van der Waals surface area (Å²) in [6, 6.07) is 14.3. The van der Waals surface area contributed by atoms with E-state index < -0.39 is 0 Å². The molecule has 184 valence electrons. The number of piperidine rings is 2. The highest BCUT2D eigenvalue weighted by Gasteiger charge is 2.36. The maximum atomic E-state index is 13.3. The van der Waals surface area contributed by atoms with Gasteiger partial charge in [-0.2, -0.15) is 0 Å². The van der Waals surface area contributed by atoms with Gasteiger partial charge in [0, 0.05) is 60.4 Å². The van der Waals surface area contributed by atoms with E-state index in [2.05, 4.69) is 0 Å². The van der Waals surface area contributed by atoms with Crippen molar-refractivity contribution in [2.45, 2.75) is 38.2 Å². The molecule has 2 saturated heterocycles. The van der Waals surface area contributed by atoms with Crippen molar-refractivity contribution < 1.29 is 18.7 Å². The molecule has 0 spiro atoms. The molecule has 1 aromatic heterocycles. The molecule has 5 rings (SSSR count). The van der Waals surface area contributed by atoms with Gasteiger partial charge in [0.25, 0.3) is 5.91 Å². The van der Waals surface area contributed by atoms with Crippen LogP contribution in [0.25, 0.3) is 11.0 Å². The zero-order chi connectivity index (χ0) is 24.4. The predicted octanol–water partition coefficient (Wildman–Crippen LogP) is 6.05. The van der Waals surface area contributed by atoms with Gasteiger partial charge in [0.2, 0.25) is 5.91 Å². The first-order chi connectivity index (χ1) is 17.0. The monoisotopic (exact) mass is 514 g/mol. The van der Waals surface area contributed by atoms with Crippen LogP contribution in [0.3, 0.4) is 0 Å². The van der Waals surface area contributed by atoms with Gasteiger partial charge in [0.15, 0.2) is 5.76 Å². The number of carbonyl (C=O) groups is 2. The fourth-order valence-corrected chi connectivity index (χ4v) is 5.31. The molecule has 2 fully saturated rings. The first-order valence-electron chi connectivity index (χ1n) is 12.1. The lowest BCUT2D eigenvalue weighted by atomic mass is 9.90. The van der Waals surface area contributed by atoms with Crippen molar-refractivity contribution in [2.24, 2.45) is 5.92 Å². The summed E-state index contributed by atoms with van der Waals surface area (Å²) in [6.45, 7) is 2.55. The van der Waals surface area contributed by atoms with Crippen molar-refractivity contribution >= 4 is 46.0 Å². The second kappa shape index (κ2) is 10.5. The molecule has 6 nitrogen and oxygen atoms in total. The smallest absolute Gasteiger partial charge is 0.289 e. The van der Waals surface area contributed by atoms with Crippen molar-refractivity contribution in [1.29, 1.82) is 0 Å². The molecule has 8 heteroatoms. The number of benzene rings is 2. The fourth-order valence-electron chi connectivity index (χ4n) is 5.01. The standard InChI is InChI=1S/C27H28Cl2N2O4/c28-20-4-7-22(8-5-20)34-24-10-13-31(17-19(24)16-26(32)30-11-2-1-3-12-30)27(33)25-15-18-14-21(29)6-9-23(18)35-25/h4-9,14-15,19,24H,1-3,10-13,16-17H2/t19-,24-/m0/s1. The van der Waals surface area contributed by atoms with Crippen LogP contribution in [0.2, 0.25) is 10.0 Å². The minimum atomic E-state index is -0.183. The number of carbonyl (C=O) groups excluding carboxylic acids is 2. The van der Waals surface area contributed by atoms with Crippen LogP contribution in [0.1, 0.15) is 42.7 Å². The Balaban J connectivity index is 1.33. The third-order valence-corrected chi connectivity index (χ3v) is 7.37. The molecule has 0 saturated carbocycles. The molecule has 2 aliphatic rings. The van der Waals surface area contributed by atoms with Crippen LogP contribution in [0, 0.1) is 5.92 Å². The van der Waals surface area contributed by atoms with Gasteiger partial charge >= 0.3 is 0 Å². The maximum Gasteiger partial charge on any atom is 0.289 e. The van der Waals surface area contributed by atoms with Crippen LogP contribution in [0.4, 0.5) is 0 Å². The third kappa shape index (κ3) is 5.60. The molecule has 3 heterocycles. The Morgan fingerprint density at radius 3 is 2.43 bits per heavy atom. The first-order valence-corrected chi connectivity index (χ1v) is 12.9. The minimum absolute atomic E-state index is 0.128. The molecule has 0 aliphatic carbocycles. The zero-order valence-electron chi connectivity index (χ0n) is 19.4. The Morgan fingerprint density at radius 2 is 1.66 bits per heavy atom. The molecule has 2 aromatic carbocycles. The number of fused-ring (bicyclic) bond motifs is 1. The van der Waals surface area contributed by atoms with Gasteiger partial charge in [-0.05, 0) is 67.8 Å². The summed E-state index contributed by atoms with van der Waals surface area (Å²) in [5.74, 6) is 0.811. The summed E-state index contributed by atoms with van der Waals surface area (Å²) in [7, 11) is 0. The first kappa shape index (κ1) is 24.0. The van der Waals surface area contributed by atoms with Gasteiger partial charge in [-0.3, -0.25) is 9.59 Å². The lowest BCUT2D eigenvalue weighted by molar-refractivity contribution is -0.134. The summed E-state index contributed by atoms with van der Waals surface area (Å²) in [4.78, 5) is 30.2. The maximum absolute atomic E-state index is 13.3. The molecular weight excluding hydrogens is 487 g/mol. The lowest BCUT2D eigenvalue weighted by Crippen LogP contribution is -2.49. The minimum Gasteiger partial charge on any atom is -0.490 e. The predicted molar refractivity (Wildman–Crippen MR) is 136 cm³/mol. The van der Waals surface area contributed by atoms with Crippen LogP contribution in [0.15, 0.2) is 52.9 Å². The molecular formula is C27H28Cl2N2O4. The van der Waals surface area contributed by atoms with Crippen LogP contribution in [-0.2, 0) is 4.79 Å². The van der Waals surface area contributed by atoms with E-state index in [1.165, 1.54) is 6.42 Å². The Morgan fingerprint density at radius 1 is 0.914 bits per heavy atom. The summed E-state index contributed by atoms with van der Waals surface area (Å²) >= 11 is 12.1. The van der Waals surface area contributed by atoms with Gasteiger partial charge in [0.1, 0.15) is 17.4 Å². The van der Waals surface area contributed by atoms with Gasteiger partial charge in [0.05, 0.1) is 0 Å². The summed E-state index contributed by atoms with van der Waals surface area (Å²) in [6.07, 6.45) is 4.05. The molecule has 2 amide bonds. The van der Waals surface area contributed by atoms with Crippen LogP contribution in [0.5, 0.6) is 5.75 Å². The number of rotatable bonds is 5. The zero-order valence-corrected chi connectivity index (χ0v) is 20.9. The quantitative estimate of drug-likeness (QED) is 0.415. The van der Waals surface area contributed by atoms with E-state index in [9.17, 15) is 9.59 Å². The Hall–Kier alpha value is -2.70. The number of hydrogen-bond donors (Lipinski definition) is 0. The fraction of sp³-hybridized carbons (Fsp3) is 0.407. The van der Waals surface area contributed by atoms with E-state index in [0.717, 1.165) is 31.3 Å². The number of nitrogens with zero attached hydrogens (tertiary/aromatic N) is 2. The Labute approximate surface area is 214 Å². The van der Waals surface area contributed by atoms with E-state index in [1.54, 1.807) is 41.3 Å². The number of likely N-dealkylation sites (tertiary alicyclic amines) is 2. The average Bonchev–Trinajstić information content (AvgIpc) is 3.29. The summed E-state index contributed by atoms with van der Waals surface area (Å²) in [5, 5.41) is 2.02. The van der Waals surface area contributed by atoms with E-state index in [1.807, 2.05) is 17.0 Å². The van der Waals surface area contributed by atoms with Gasteiger partial charge in [-0.25, -0.2) is 0 Å². The highest BCUT2D eigenvalue weighted by Crippen LogP contribution is 2.30. The molecule has 35 heavy (non-hydrogen) atoms. The topological polar surface area (TPSA) is 63.0 Å². The highest BCUT2D eigenvalue weighted by atomic mass is 35.5. The summed E-state index contributed by atoms with van der Waals surface area (Å²) < 4.78 is 12.1. The van der Waals surface area contributed by atoms with Crippen molar-refractivity contribution in [3.63, 3.8) is 0 Å². The SMILES string of the molecule is O=C(C[C@H]1CN(C(=O)c2cc3cc(Cl)ccc3o2)CC[C@@H]1Oc1ccc(Cl)cc1)N1CCCCC1. The average molecular weight is 515 g/mol. The molecule has 0 bridgehead atoms. The number of ether oxygens (including phenoxy) is 1. The molecule has 0 unspecified atom stereocenters. The van der Waals surface area contributed by atoms with Crippen LogP contribution >= 0.6 is 23.2 Å². The number of amides is 2. The number of furan rings is 1. The second-order valence-corrected chi connectivity index (χ2v) is 10.2. The van der Waals surface area contributed by atoms with Crippen molar-refractivity contribution in [1.82, 2.24) is 9.80 Å². The van der Waals surface area contributed by atoms with E-state index >= 15 is 0 Å². The Bertz CT molecular complexity index is 1200. The second-order valence-electron chi connectivity index (χ2n) is 9.35. The molecule has 3 aromatic rings. The highest BCUT2D eigenvalue weighted by molar-refractivity contribution is 6.31. The van der Waals surface area contributed by atoms with E-state index in [-0.39, 0.29) is 29.6 Å². The summed E-state index contributed by atoms with van der Waals surface area (Å²) in [5.41, 5.74) is 0.621.